The molecule has 7 heteroatoms. The van der Waals surface area contributed by atoms with Gasteiger partial charge in [-0.05, 0) is 30.5 Å². The maximum atomic E-state index is 12.5. The lowest BCUT2D eigenvalue weighted by atomic mass is 9.93. The van der Waals surface area contributed by atoms with E-state index >= 15 is 0 Å². The standard InChI is InChI=1S/C14H19Cl2NO3S/c1-17(2)21(18,19)14-6-7-20-9-10(14)8-11-12(15)4-3-5-13(11)16/h3-5,10,14H,6-9H2,1-2H3. The quantitative estimate of drug-likeness (QED) is 0.837. The molecule has 0 amide bonds. The minimum absolute atomic E-state index is 0.149. The van der Waals surface area contributed by atoms with E-state index in [2.05, 4.69) is 0 Å². The van der Waals surface area contributed by atoms with Gasteiger partial charge in [0.25, 0.3) is 0 Å². The first kappa shape index (κ1) is 17.0. The zero-order valence-corrected chi connectivity index (χ0v) is 14.4. The Morgan fingerprint density at radius 2 is 1.90 bits per heavy atom. The van der Waals surface area contributed by atoms with Crippen molar-refractivity contribution in [1.29, 1.82) is 0 Å². The maximum absolute atomic E-state index is 12.5. The molecule has 1 aliphatic rings. The summed E-state index contributed by atoms with van der Waals surface area (Å²) in [7, 11) is -0.208. The number of benzene rings is 1. The number of nitrogens with zero attached hydrogens (tertiary/aromatic N) is 1. The van der Waals surface area contributed by atoms with E-state index in [0.29, 0.717) is 36.1 Å². The molecule has 21 heavy (non-hydrogen) atoms. The molecule has 0 N–H and O–H groups in total. The Bertz CT molecular complexity index is 584. The van der Waals surface area contributed by atoms with Gasteiger partial charge in [0.05, 0.1) is 11.9 Å². The van der Waals surface area contributed by atoms with E-state index in [1.54, 1.807) is 32.3 Å². The Balaban J connectivity index is 2.28. The molecule has 1 fully saturated rings. The fourth-order valence-electron chi connectivity index (χ4n) is 2.62. The molecule has 0 saturated carbocycles. The predicted octanol–water partition coefficient (Wildman–Crippen LogP) is 2.83. The Kier molecular flexibility index (Phi) is 5.54. The average Bonchev–Trinajstić information content (AvgIpc) is 2.43. The summed E-state index contributed by atoms with van der Waals surface area (Å²) in [5.74, 6) is -0.149. The van der Waals surface area contributed by atoms with Gasteiger partial charge >= 0.3 is 0 Å². The second-order valence-electron chi connectivity index (χ2n) is 5.39. The van der Waals surface area contributed by atoms with Gasteiger partial charge in [-0.3, -0.25) is 0 Å². The molecule has 0 aromatic heterocycles. The number of hydrogen-bond donors (Lipinski definition) is 0. The number of ether oxygens (including phenoxy) is 1. The lowest BCUT2D eigenvalue weighted by Gasteiger charge is -2.33. The molecule has 1 aromatic carbocycles. The van der Waals surface area contributed by atoms with E-state index in [1.165, 1.54) is 4.31 Å². The van der Waals surface area contributed by atoms with Crippen molar-refractivity contribution in [1.82, 2.24) is 4.31 Å². The van der Waals surface area contributed by atoms with Crippen LogP contribution in [0.3, 0.4) is 0 Å². The first-order valence-electron chi connectivity index (χ1n) is 6.76. The molecule has 2 unspecified atom stereocenters. The van der Waals surface area contributed by atoms with E-state index < -0.39 is 15.3 Å². The molecule has 0 bridgehead atoms. The van der Waals surface area contributed by atoms with Crippen molar-refractivity contribution in [3.63, 3.8) is 0 Å². The van der Waals surface area contributed by atoms with Crippen LogP contribution in [0.5, 0.6) is 0 Å². The molecule has 1 saturated heterocycles. The Morgan fingerprint density at radius 3 is 2.48 bits per heavy atom. The van der Waals surface area contributed by atoms with E-state index in [9.17, 15) is 8.42 Å². The third kappa shape index (κ3) is 3.71. The van der Waals surface area contributed by atoms with Gasteiger partial charge in [-0.15, -0.1) is 0 Å². The SMILES string of the molecule is CN(C)S(=O)(=O)C1CCOCC1Cc1c(Cl)cccc1Cl. The zero-order valence-electron chi connectivity index (χ0n) is 12.1. The summed E-state index contributed by atoms with van der Waals surface area (Å²) in [5, 5.41) is 0.664. The van der Waals surface area contributed by atoms with Gasteiger partial charge in [-0.2, -0.15) is 0 Å². The summed E-state index contributed by atoms with van der Waals surface area (Å²) in [5.41, 5.74) is 0.787. The normalized spacial score (nSPS) is 23.5. The average molecular weight is 352 g/mol. The Morgan fingerprint density at radius 1 is 1.29 bits per heavy atom. The van der Waals surface area contributed by atoms with E-state index in [0.717, 1.165) is 5.56 Å². The highest BCUT2D eigenvalue weighted by molar-refractivity contribution is 7.89. The highest BCUT2D eigenvalue weighted by Gasteiger charge is 2.37. The molecule has 0 radical (unpaired) electrons. The summed E-state index contributed by atoms with van der Waals surface area (Å²) >= 11 is 12.4. The van der Waals surface area contributed by atoms with Gasteiger partial charge in [-0.1, -0.05) is 29.3 Å². The van der Waals surface area contributed by atoms with Crippen molar-refractivity contribution < 1.29 is 13.2 Å². The third-order valence-electron chi connectivity index (χ3n) is 3.82. The topological polar surface area (TPSA) is 46.6 Å². The van der Waals surface area contributed by atoms with Crippen LogP contribution < -0.4 is 0 Å². The van der Waals surface area contributed by atoms with Crippen LogP contribution in [0.2, 0.25) is 10.0 Å². The van der Waals surface area contributed by atoms with Crippen molar-refractivity contribution in [2.45, 2.75) is 18.1 Å². The fourth-order valence-corrected chi connectivity index (χ4v) is 4.77. The molecule has 1 aliphatic heterocycles. The Labute approximate surface area is 136 Å². The first-order chi connectivity index (χ1) is 9.84. The maximum Gasteiger partial charge on any atom is 0.216 e. The lowest BCUT2D eigenvalue weighted by molar-refractivity contribution is 0.0564. The Hall–Kier alpha value is -0.330. The van der Waals surface area contributed by atoms with Gasteiger partial charge in [0, 0.05) is 36.7 Å². The van der Waals surface area contributed by atoms with Crippen LogP contribution in [-0.2, 0) is 21.2 Å². The van der Waals surface area contributed by atoms with Crippen molar-refractivity contribution in [3.05, 3.63) is 33.8 Å². The smallest absolute Gasteiger partial charge is 0.216 e. The van der Waals surface area contributed by atoms with Crippen molar-refractivity contribution >= 4 is 33.2 Å². The highest BCUT2D eigenvalue weighted by Crippen LogP contribution is 2.32. The number of rotatable bonds is 4. The summed E-state index contributed by atoms with van der Waals surface area (Å²) in [6.07, 6.45) is 0.990. The van der Waals surface area contributed by atoms with Crippen LogP contribution in [0.25, 0.3) is 0 Å². The monoisotopic (exact) mass is 351 g/mol. The van der Waals surface area contributed by atoms with Crippen molar-refractivity contribution in [2.75, 3.05) is 27.3 Å². The highest BCUT2D eigenvalue weighted by atomic mass is 35.5. The molecular weight excluding hydrogens is 333 g/mol. The summed E-state index contributed by atoms with van der Waals surface area (Å²) < 4.78 is 31.7. The van der Waals surface area contributed by atoms with Crippen LogP contribution in [0.15, 0.2) is 18.2 Å². The minimum atomic E-state index is -3.33. The van der Waals surface area contributed by atoms with Gasteiger partial charge in [0.1, 0.15) is 0 Å². The van der Waals surface area contributed by atoms with Gasteiger partial charge in [-0.25, -0.2) is 12.7 Å². The summed E-state index contributed by atoms with van der Waals surface area (Å²) in [4.78, 5) is 0. The number of sulfonamides is 1. The van der Waals surface area contributed by atoms with Gasteiger partial charge < -0.3 is 4.74 Å². The number of halogens is 2. The first-order valence-corrected chi connectivity index (χ1v) is 9.02. The molecule has 2 rings (SSSR count). The summed E-state index contributed by atoms with van der Waals surface area (Å²) in [6.45, 7) is 0.865. The van der Waals surface area contributed by atoms with E-state index in [1.807, 2.05) is 0 Å². The van der Waals surface area contributed by atoms with Crippen molar-refractivity contribution in [3.8, 4) is 0 Å². The van der Waals surface area contributed by atoms with Crippen LogP contribution >= 0.6 is 23.2 Å². The molecular formula is C14H19Cl2NO3S. The molecule has 4 nitrogen and oxygen atoms in total. The fraction of sp³-hybridized carbons (Fsp3) is 0.571. The van der Waals surface area contributed by atoms with E-state index in [-0.39, 0.29) is 5.92 Å². The van der Waals surface area contributed by atoms with Gasteiger partial charge in [0.15, 0.2) is 0 Å². The molecule has 1 aromatic rings. The number of hydrogen-bond acceptors (Lipinski definition) is 3. The van der Waals surface area contributed by atoms with Crippen LogP contribution in [0, 0.1) is 5.92 Å². The van der Waals surface area contributed by atoms with Crippen LogP contribution in [0.1, 0.15) is 12.0 Å². The zero-order chi connectivity index (χ0) is 15.6. The second kappa shape index (κ2) is 6.84. The van der Waals surface area contributed by atoms with Crippen molar-refractivity contribution in [2.24, 2.45) is 5.92 Å². The third-order valence-corrected chi connectivity index (χ3v) is 6.94. The molecule has 118 valence electrons. The van der Waals surface area contributed by atoms with E-state index in [4.69, 9.17) is 27.9 Å². The second-order valence-corrected chi connectivity index (χ2v) is 8.57. The summed E-state index contributed by atoms with van der Waals surface area (Å²) in [6, 6.07) is 5.31. The molecule has 0 spiro atoms. The minimum Gasteiger partial charge on any atom is -0.381 e. The predicted molar refractivity (Wildman–Crippen MR) is 85.5 cm³/mol. The molecule has 2 atom stereocenters. The largest absolute Gasteiger partial charge is 0.381 e. The lowest BCUT2D eigenvalue weighted by Crippen LogP contribution is -2.44. The molecule has 1 heterocycles. The molecule has 0 aliphatic carbocycles. The van der Waals surface area contributed by atoms with Gasteiger partial charge in [0.2, 0.25) is 10.0 Å². The van der Waals surface area contributed by atoms with Crippen LogP contribution in [0.4, 0.5) is 0 Å². The van der Waals surface area contributed by atoms with Crippen LogP contribution in [-0.4, -0.2) is 45.3 Å².